The number of hydrogen-bond acceptors (Lipinski definition) is 4. The summed E-state index contributed by atoms with van der Waals surface area (Å²) in [5, 5.41) is 11.7. The van der Waals surface area contributed by atoms with Crippen molar-refractivity contribution >= 4 is 29.2 Å². The van der Waals surface area contributed by atoms with E-state index >= 15 is 0 Å². The number of aliphatic carboxylic acids is 1. The minimum Gasteiger partial charge on any atom is -0.480 e. The number of halogens is 2. The topological polar surface area (TPSA) is 72.9 Å². The van der Waals surface area contributed by atoms with Crippen LogP contribution < -0.4 is 5.32 Å². The number of carboxylic acid groups (broad SMARTS) is 1. The Balaban J connectivity index is 1.80. The van der Waals surface area contributed by atoms with Gasteiger partial charge >= 0.3 is 5.97 Å². The predicted molar refractivity (Wildman–Crippen MR) is 89.8 cm³/mol. The summed E-state index contributed by atoms with van der Waals surface area (Å²) in [6.45, 7) is 1.57. The van der Waals surface area contributed by atoms with Crippen LogP contribution in [0.1, 0.15) is 12.8 Å². The highest BCUT2D eigenvalue weighted by molar-refractivity contribution is 6.30. The number of hydrogen-bond donors (Lipinski definition) is 2. The normalized spacial score (nSPS) is 16.3. The molecule has 1 aliphatic heterocycles. The zero-order chi connectivity index (χ0) is 17.7. The maximum absolute atomic E-state index is 13.6. The lowest BCUT2D eigenvalue weighted by Gasteiger charge is -2.35. The van der Waals surface area contributed by atoms with Crippen LogP contribution in [0, 0.1) is 5.82 Å². The Morgan fingerprint density at radius 3 is 2.71 bits per heavy atom. The maximum atomic E-state index is 13.6. The van der Waals surface area contributed by atoms with Crippen molar-refractivity contribution in [2.24, 2.45) is 0 Å². The van der Waals surface area contributed by atoms with Gasteiger partial charge in [-0.2, -0.15) is 0 Å². The first-order valence-corrected chi connectivity index (χ1v) is 8.12. The van der Waals surface area contributed by atoms with Gasteiger partial charge in [0.1, 0.15) is 5.82 Å². The number of nitrogens with one attached hydrogen (secondary N) is 1. The number of amides is 1. The van der Waals surface area contributed by atoms with E-state index in [4.69, 9.17) is 16.7 Å². The van der Waals surface area contributed by atoms with E-state index in [0.29, 0.717) is 18.1 Å². The second-order valence-corrected chi connectivity index (χ2v) is 6.42. The Labute approximate surface area is 145 Å². The zero-order valence-corrected chi connectivity index (χ0v) is 14.2. The number of anilines is 1. The molecule has 8 heteroatoms. The first kappa shape index (κ1) is 18.6. The SMILES string of the molecule is CN(CC(=O)O)C1CCN(CC(=O)Nc2cc(Cl)ccc2F)CC1. The molecule has 1 aromatic rings. The number of likely N-dealkylation sites (N-methyl/N-ethyl adjacent to an activating group) is 1. The number of piperidine rings is 1. The van der Waals surface area contributed by atoms with E-state index in [9.17, 15) is 14.0 Å². The van der Waals surface area contributed by atoms with Crippen molar-refractivity contribution in [3.05, 3.63) is 29.0 Å². The van der Waals surface area contributed by atoms with Gasteiger partial charge in [-0.25, -0.2) is 4.39 Å². The average molecular weight is 358 g/mol. The highest BCUT2D eigenvalue weighted by Gasteiger charge is 2.24. The first-order chi connectivity index (χ1) is 11.3. The van der Waals surface area contributed by atoms with Crippen molar-refractivity contribution in [3.8, 4) is 0 Å². The fourth-order valence-electron chi connectivity index (χ4n) is 2.85. The summed E-state index contributed by atoms with van der Waals surface area (Å²) in [5.41, 5.74) is 0.0728. The van der Waals surface area contributed by atoms with E-state index in [0.717, 1.165) is 12.8 Å². The van der Waals surface area contributed by atoms with Crippen LogP contribution in [0.15, 0.2) is 18.2 Å². The van der Waals surface area contributed by atoms with Crippen molar-refractivity contribution in [1.82, 2.24) is 9.80 Å². The van der Waals surface area contributed by atoms with E-state index in [1.54, 1.807) is 7.05 Å². The third-order valence-electron chi connectivity index (χ3n) is 4.13. The molecule has 132 valence electrons. The van der Waals surface area contributed by atoms with E-state index in [2.05, 4.69) is 5.32 Å². The van der Waals surface area contributed by atoms with Crippen LogP contribution in [0.2, 0.25) is 5.02 Å². The molecule has 6 nitrogen and oxygen atoms in total. The van der Waals surface area contributed by atoms with Gasteiger partial charge < -0.3 is 10.4 Å². The van der Waals surface area contributed by atoms with Gasteiger partial charge in [0.25, 0.3) is 0 Å². The number of nitrogens with zero attached hydrogens (tertiary/aromatic N) is 2. The fraction of sp³-hybridized carbons (Fsp3) is 0.500. The van der Waals surface area contributed by atoms with Gasteiger partial charge in [0.05, 0.1) is 18.8 Å². The molecule has 2 rings (SSSR count). The summed E-state index contributed by atoms with van der Waals surface area (Å²) < 4.78 is 13.6. The minimum absolute atomic E-state index is 0.0131. The molecule has 1 aliphatic rings. The van der Waals surface area contributed by atoms with Crippen LogP contribution in [0.5, 0.6) is 0 Å². The number of carbonyl (C=O) groups is 2. The molecule has 1 fully saturated rings. The van der Waals surface area contributed by atoms with Crippen molar-refractivity contribution in [1.29, 1.82) is 0 Å². The van der Waals surface area contributed by atoms with Crippen molar-refractivity contribution in [2.75, 3.05) is 38.5 Å². The van der Waals surface area contributed by atoms with Crippen LogP contribution in [-0.2, 0) is 9.59 Å². The molecule has 0 spiro atoms. The lowest BCUT2D eigenvalue weighted by atomic mass is 10.0. The zero-order valence-electron chi connectivity index (χ0n) is 13.5. The van der Waals surface area contributed by atoms with Crippen molar-refractivity contribution < 1.29 is 19.1 Å². The molecular formula is C16H21ClFN3O3. The lowest BCUT2D eigenvalue weighted by molar-refractivity contribution is -0.138. The molecule has 0 atom stereocenters. The molecule has 24 heavy (non-hydrogen) atoms. The quantitative estimate of drug-likeness (QED) is 0.813. The molecule has 1 amide bonds. The van der Waals surface area contributed by atoms with Crippen LogP contribution in [0.4, 0.5) is 10.1 Å². The summed E-state index contributed by atoms with van der Waals surface area (Å²) in [6, 6.07) is 4.21. The highest BCUT2D eigenvalue weighted by Crippen LogP contribution is 2.20. The van der Waals surface area contributed by atoms with Crippen LogP contribution >= 0.6 is 11.6 Å². The number of carboxylic acids is 1. The van der Waals surface area contributed by atoms with Crippen molar-refractivity contribution in [3.63, 3.8) is 0 Å². The second-order valence-electron chi connectivity index (χ2n) is 5.99. The molecule has 0 saturated carbocycles. The Kier molecular flexibility index (Phi) is 6.53. The Morgan fingerprint density at radius 1 is 1.42 bits per heavy atom. The molecule has 1 heterocycles. The predicted octanol–water partition coefficient (Wildman–Crippen LogP) is 1.90. The Morgan fingerprint density at radius 2 is 2.08 bits per heavy atom. The Hall–Kier alpha value is -1.70. The van der Waals surface area contributed by atoms with E-state index in [1.807, 2.05) is 9.80 Å². The molecular weight excluding hydrogens is 337 g/mol. The largest absolute Gasteiger partial charge is 0.480 e. The highest BCUT2D eigenvalue weighted by atomic mass is 35.5. The molecule has 0 radical (unpaired) electrons. The minimum atomic E-state index is -0.845. The van der Waals surface area contributed by atoms with Gasteiger partial charge in [0.15, 0.2) is 0 Å². The van der Waals surface area contributed by atoms with Crippen LogP contribution in [0.3, 0.4) is 0 Å². The molecule has 1 aromatic carbocycles. The summed E-state index contributed by atoms with van der Waals surface area (Å²) in [4.78, 5) is 26.6. The molecule has 2 N–H and O–H groups in total. The molecule has 0 aromatic heterocycles. The first-order valence-electron chi connectivity index (χ1n) is 7.74. The summed E-state index contributed by atoms with van der Waals surface area (Å²) in [6.07, 6.45) is 1.59. The van der Waals surface area contributed by atoms with Gasteiger partial charge in [-0.1, -0.05) is 11.6 Å². The number of rotatable bonds is 6. The van der Waals surface area contributed by atoms with Gasteiger partial charge in [0.2, 0.25) is 5.91 Å². The van der Waals surface area contributed by atoms with Gasteiger partial charge in [-0.15, -0.1) is 0 Å². The van der Waals surface area contributed by atoms with E-state index < -0.39 is 11.8 Å². The van der Waals surface area contributed by atoms with Gasteiger partial charge in [-0.05, 0) is 38.1 Å². The third-order valence-corrected chi connectivity index (χ3v) is 4.37. The number of likely N-dealkylation sites (tertiary alicyclic amines) is 1. The summed E-state index contributed by atoms with van der Waals surface area (Å²) in [5.74, 6) is -1.67. The van der Waals surface area contributed by atoms with E-state index in [1.165, 1.54) is 18.2 Å². The molecule has 0 bridgehead atoms. The van der Waals surface area contributed by atoms with Crippen molar-refractivity contribution in [2.45, 2.75) is 18.9 Å². The second kappa shape index (κ2) is 8.41. The number of carbonyl (C=O) groups excluding carboxylic acids is 1. The average Bonchev–Trinajstić information content (AvgIpc) is 2.51. The standard InChI is InChI=1S/C16H21ClFN3O3/c1-20(10-16(23)24)12-4-6-21(7-5-12)9-15(22)19-14-8-11(17)2-3-13(14)18/h2-3,8,12H,4-7,9-10H2,1H3,(H,19,22)(H,23,24). The smallest absolute Gasteiger partial charge is 0.317 e. The number of benzene rings is 1. The van der Waals surface area contributed by atoms with Gasteiger partial charge in [-0.3, -0.25) is 19.4 Å². The van der Waals surface area contributed by atoms with E-state index in [-0.39, 0.29) is 30.7 Å². The summed E-state index contributed by atoms with van der Waals surface area (Å²) in [7, 11) is 1.79. The maximum Gasteiger partial charge on any atom is 0.317 e. The fourth-order valence-corrected chi connectivity index (χ4v) is 3.02. The molecule has 0 aliphatic carbocycles. The molecule has 1 saturated heterocycles. The third kappa shape index (κ3) is 5.43. The Bertz CT molecular complexity index is 606. The summed E-state index contributed by atoms with van der Waals surface area (Å²) >= 11 is 5.80. The lowest BCUT2D eigenvalue weighted by Crippen LogP contribution is -2.46. The monoisotopic (exact) mass is 357 g/mol. The molecule has 0 unspecified atom stereocenters. The van der Waals surface area contributed by atoms with Crippen LogP contribution in [0.25, 0.3) is 0 Å². The van der Waals surface area contributed by atoms with Crippen LogP contribution in [-0.4, -0.2) is 66.1 Å². The van der Waals surface area contributed by atoms with Gasteiger partial charge in [0, 0.05) is 24.2 Å².